The van der Waals surface area contributed by atoms with Gasteiger partial charge in [-0.2, -0.15) is 0 Å². The molecule has 0 amide bonds. The summed E-state index contributed by atoms with van der Waals surface area (Å²) >= 11 is 0. The van der Waals surface area contributed by atoms with Crippen LogP contribution in [0.25, 0.3) is 21.8 Å². The van der Waals surface area contributed by atoms with Gasteiger partial charge in [0.05, 0.1) is 22.4 Å². The zero-order valence-electron chi connectivity index (χ0n) is 14.3. The van der Waals surface area contributed by atoms with Crippen molar-refractivity contribution in [3.8, 4) is 0 Å². The van der Waals surface area contributed by atoms with Gasteiger partial charge in [-0.3, -0.25) is 10.8 Å². The first-order valence-electron chi connectivity index (χ1n) is 8.30. The average molecular weight is 355 g/mol. The van der Waals surface area contributed by atoms with Crippen LogP contribution in [0.1, 0.15) is 5.56 Å². The molecule has 0 unspecified atom stereocenters. The van der Waals surface area contributed by atoms with E-state index in [0.29, 0.717) is 16.9 Å². The Morgan fingerprint density at radius 2 is 1.59 bits per heavy atom. The van der Waals surface area contributed by atoms with Crippen LogP contribution in [-0.2, 0) is 0 Å². The van der Waals surface area contributed by atoms with E-state index in [2.05, 4.69) is 26.8 Å². The van der Waals surface area contributed by atoms with E-state index in [1.807, 2.05) is 36.4 Å². The lowest BCUT2D eigenvalue weighted by molar-refractivity contribution is 1.13. The number of rotatable bonds is 4. The van der Waals surface area contributed by atoms with Gasteiger partial charge in [0.2, 0.25) is 0 Å². The van der Waals surface area contributed by atoms with Crippen LogP contribution in [0.5, 0.6) is 0 Å². The molecule has 0 aliphatic rings. The summed E-state index contributed by atoms with van der Waals surface area (Å²) in [6, 6.07) is 20.6. The minimum absolute atomic E-state index is 0.0227. The summed E-state index contributed by atoms with van der Waals surface area (Å²) in [5.41, 5.74) is 18.7. The van der Waals surface area contributed by atoms with Crippen molar-refractivity contribution < 1.29 is 0 Å². The Bertz CT molecular complexity index is 1180. The molecule has 1 aromatic heterocycles. The molecule has 0 atom stereocenters. The maximum absolute atomic E-state index is 7.38. The van der Waals surface area contributed by atoms with Crippen LogP contribution < -0.4 is 16.9 Å². The molecule has 1 heterocycles. The lowest BCUT2D eigenvalue weighted by Crippen LogP contribution is -2.10. The number of benzene rings is 3. The second kappa shape index (κ2) is 6.72. The molecule has 7 nitrogen and oxygen atoms in total. The Labute approximate surface area is 155 Å². The van der Waals surface area contributed by atoms with Gasteiger partial charge in [0.15, 0.2) is 0 Å². The molecule has 3 aromatic carbocycles. The molecule has 7 heteroatoms. The number of fused-ring (bicyclic) bond motifs is 2. The first-order chi connectivity index (χ1) is 13.1. The maximum atomic E-state index is 7.38. The normalized spacial score (nSPS) is 11.3. The van der Waals surface area contributed by atoms with Crippen molar-refractivity contribution in [2.24, 2.45) is 16.1 Å². The number of nitrogens with zero attached hydrogens (tertiary/aromatic N) is 3. The van der Waals surface area contributed by atoms with E-state index in [4.69, 9.17) is 16.9 Å². The van der Waals surface area contributed by atoms with E-state index in [1.165, 1.54) is 0 Å². The fourth-order valence-corrected chi connectivity index (χ4v) is 2.76. The minimum atomic E-state index is 0.0227. The highest BCUT2D eigenvalue weighted by atomic mass is 15.4. The van der Waals surface area contributed by atoms with Gasteiger partial charge in [-0.1, -0.05) is 17.4 Å². The van der Waals surface area contributed by atoms with Gasteiger partial charge in [0.1, 0.15) is 5.84 Å². The van der Waals surface area contributed by atoms with E-state index in [1.54, 1.807) is 24.3 Å². The van der Waals surface area contributed by atoms with Crippen molar-refractivity contribution >= 4 is 44.7 Å². The Morgan fingerprint density at radius 3 is 2.33 bits per heavy atom. The second-order valence-electron chi connectivity index (χ2n) is 6.12. The van der Waals surface area contributed by atoms with E-state index in [-0.39, 0.29) is 5.84 Å². The van der Waals surface area contributed by atoms with Crippen LogP contribution in [0.4, 0.5) is 17.1 Å². The standard InChI is InChI=1S/C20H17N7/c21-15-5-1-13-9-14-4-8-17(11-19(14)24-18(13)10-15)26-27-25-16-6-2-12(3-7-16)20(22)23/h1-11H,21H2,(H3,22,23)(H,25,26). The SMILES string of the molecule is N=C(N)c1ccc(N=NNc2ccc3cc4ccc(N)cc4nc3c2)cc1. The third kappa shape index (κ3) is 3.52. The highest BCUT2D eigenvalue weighted by molar-refractivity contribution is 5.95. The predicted molar refractivity (Wildman–Crippen MR) is 109 cm³/mol. The molecule has 0 saturated carbocycles. The molecule has 4 rings (SSSR count). The van der Waals surface area contributed by atoms with Crippen molar-refractivity contribution in [2.45, 2.75) is 0 Å². The number of aromatic nitrogens is 1. The van der Waals surface area contributed by atoms with Crippen LogP contribution in [-0.4, -0.2) is 10.8 Å². The molecule has 0 saturated heterocycles. The largest absolute Gasteiger partial charge is 0.399 e. The Hall–Kier alpha value is -4.00. The van der Waals surface area contributed by atoms with Gasteiger partial charge < -0.3 is 11.5 Å². The molecule has 132 valence electrons. The average Bonchev–Trinajstić information content (AvgIpc) is 2.66. The highest BCUT2D eigenvalue weighted by Crippen LogP contribution is 2.24. The fraction of sp³-hybridized carbons (Fsp3) is 0. The molecule has 0 aliphatic carbocycles. The summed E-state index contributed by atoms with van der Waals surface area (Å²) in [4.78, 5) is 4.67. The monoisotopic (exact) mass is 355 g/mol. The number of nitrogen functional groups attached to an aromatic ring is 2. The van der Waals surface area contributed by atoms with Crippen molar-refractivity contribution in [3.05, 3.63) is 72.3 Å². The van der Waals surface area contributed by atoms with Gasteiger partial charge in [0, 0.05) is 22.0 Å². The van der Waals surface area contributed by atoms with Crippen LogP contribution in [0.3, 0.4) is 0 Å². The van der Waals surface area contributed by atoms with Crippen molar-refractivity contribution in [1.82, 2.24) is 4.98 Å². The van der Waals surface area contributed by atoms with Gasteiger partial charge in [0.25, 0.3) is 0 Å². The topological polar surface area (TPSA) is 126 Å². The number of amidine groups is 1. The van der Waals surface area contributed by atoms with Gasteiger partial charge in [-0.05, 0) is 54.6 Å². The fourth-order valence-electron chi connectivity index (χ4n) is 2.76. The molecular formula is C20H17N7. The van der Waals surface area contributed by atoms with E-state index in [9.17, 15) is 0 Å². The predicted octanol–water partition coefficient (Wildman–Crippen LogP) is 4.37. The number of anilines is 2. The van der Waals surface area contributed by atoms with Crippen molar-refractivity contribution in [3.63, 3.8) is 0 Å². The van der Waals surface area contributed by atoms with Crippen LogP contribution in [0.2, 0.25) is 0 Å². The van der Waals surface area contributed by atoms with Gasteiger partial charge in [-0.25, -0.2) is 4.98 Å². The molecule has 0 bridgehead atoms. The number of nitrogens with one attached hydrogen (secondary N) is 2. The van der Waals surface area contributed by atoms with Gasteiger partial charge in [-0.15, -0.1) is 5.11 Å². The number of pyridine rings is 1. The molecule has 27 heavy (non-hydrogen) atoms. The lowest BCUT2D eigenvalue weighted by Gasteiger charge is -2.05. The molecular weight excluding hydrogens is 338 g/mol. The van der Waals surface area contributed by atoms with Crippen LogP contribution in [0, 0.1) is 5.41 Å². The van der Waals surface area contributed by atoms with E-state index < -0.39 is 0 Å². The molecule has 0 radical (unpaired) electrons. The molecule has 4 aromatic rings. The lowest BCUT2D eigenvalue weighted by atomic mass is 10.1. The third-order valence-corrected chi connectivity index (χ3v) is 4.16. The molecule has 0 fully saturated rings. The van der Waals surface area contributed by atoms with Gasteiger partial charge >= 0.3 is 0 Å². The Balaban J connectivity index is 1.56. The Morgan fingerprint density at radius 1 is 0.889 bits per heavy atom. The zero-order chi connectivity index (χ0) is 18.8. The van der Waals surface area contributed by atoms with Crippen molar-refractivity contribution in [1.29, 1.82) is 5.41 Å². The summed E-state index contributed by atoms with van der Waals surface area (Å²) in [7, 11) is 0. The van der Waals surface area contributed by atoms with E-state index >= 15 is 0 Å². The summed E-state index contributed by atoms with van der Waals surface area (Å²) in [6.45, 7) is 0. The molecule has 0 aliphatic heterocycles. The minimum Gasteiger partial charge on any atom is -0.399 e. The van der Waals surface area contributed by atoms with Crippen LogP contribution in [0.15, 0.2) is 77.1 Å². The second-order valence-corrected chi connectivity index (χ2v) is 6.12. The number of hydrogen-bond acceptors (Lipinski definition) is 5. The maximum Gasteiger partial charge on any atom is 0.122 e. The highest BCUT2D eigenvalue weighted by Gasteiger charge is 2.02. The first-order valence-corrected chi connectivity index (χ1v) is 8.30. The summed E-state index contributed by atoms with van der Waals surface area (Å²) in [5.74, 6) is 0.0227. The zero-order valence-corrected chi connectivity index (χ0v) is 14.3. The van der Waals surface area contributed by atoms with Crippen LogP contribution >= 0.6 is 0 Å². The number of nitrogens with two attached hydrogens (primary N) is 2. The number of hydrogen-bond donors (Lipinski definition) is 4. The first kappa shape index (κ1) is 16.5. The third-order valence-electron chi connectivity index (χ3n) is 4.16. The quantitative estimate of drug-likeness (QED) is 0.108. The summed E-state index contributed by atoms with van der Waals surface area (Å²) in [6.07, 6.45) is 0. The Kier molecular flexibility index (Phi) is 4.10. The summed E-state index contributed by atoms with van der Waals surface area (Å²) in [5, 5.41) is 17.6. The van der Waals surface area contributed by atoms with Crippen molar-refractivity contribution in [2.75, 3.05) is 11.2 Å². The molecule has 6 N–H and O–H groups in total. The summed E-state index contributed by atoms with van der Waals surface area (Å²) < 4.78 is 0. The van der Waals surface area contributed by atoms with E-state index in [0.717, 1.165) is 27.5 Å². The smallest absolute Gasteiger partial charge is 0.122 e. The molecule has 0 spiro atoms.